The van der Waals surface area contributed by atoms with Gasteiger partial charge in [-0.1, -0.05) is 42.5 Å². The van der Waals surface area contributed by atoms with Gasteiger partial charge in [-0.05, 0) is 39.3 Å². The van der Waals surface area contributed by atoms with E-state index in [2.05, 4.69) is 30.6 Å². The van der Waals surface area contributed by atoms with Crippen molar-refractivity contribution < 1.29 is 14.3 Å². The Kier molecular flexibility index (Phi) is 9.02. The molecule has 220 valence electrons. The van der Waals surface area contributed by atoms with E-state index in [9.17, 15) is 14.4 Å². The molecule has 13 heteroatoms. The summed E-state index contributed by atoms with van der Waals surface area (Å²) in [6, 6.07) is 16.4. The zero-order valence-electron chi connectivity index (χ0n) is 23.7. The van der Waals surface area contributed by atoms with Gasteiger partial charge in [0.1, 0.15) is 5.60 Å². The maximum absolute atomic E-state index is 13.5. The average Bonchev–Trinajstić information content (AvgIpc) is 3.75. The van der Waals surface area contributed by atoms with Crippen LogP contribution in [0.15, 0.2) is 86.6 Å². The maximum Gasteiger partial charge on any atom is 0.306 e. The normalized spacial score (nSPS) is 11.6. The first kappa shape index (κ1) is 29.7. The van der Waals surface area contributed by atoms with E-state index in [1.165, 1.54) is 27.4 Å². The number of carbonyl (C=O) groups is 2. The molecule has 0 saturated heterocycles. The molecule has 2 N–H and O–H groups in total. The number of hydrogen-bond acceptors (Lipinski definition) is 10. The van der Waals surface area contributed by atoms with Crippen LogP contribution in [0.2, 0.25) is 0 Å². The number of rotatable bonds is 10. The number of benzene rings is 2. The van der Waals surface area contributed by atoms with E-state index < -0.39 is 11.2 Å². The van der Waals surface area contributed by atoms with E-state index in [0.717, 1.165) is 11.1 Å². The SMILES string of the molecule is CC(C)(C)OC(=O)CCCNC(=O)c1ccc(-c2csc(-n3[nH]c(-c4ccccc4)c(N=Nc4nccs4)c3=O)n2)cc1. The Morgan fingerprint density at radius 3 is 2.49 bits per heavy atom. The van der Waals surface area contributed by atoms with Crippen molar-refractivity contribution in [2.75, 3.05) is 6.54 Å². The number of amides is 1. The molecule has 5 rings (SSSR count). The predicted octanol–water partition coefficient (Wildman–Crippen LogP) is 6.68. The summed E-state index contributed by atoms with van der Waals surface area (Å²) in [5, 5.41) is 18.8. The van der Waals surface area contributed by atoms with Gasteiger partial charge in [-0.3, -0.25) is 19.5 Å². The Morgan fingerprint density at radius 2 is 1.79 bits per heavy atom. The number of azo groups is 1. The van der Waals surface area contributed by atoms with Crippen molar-refractivity contribution in [2.24, 2.45) is 10.2 Å². The molecule has 1 amide bonds. The Labute approximate surface area is 255 Å². The highest BCUT2D eigenvalue weighted by Crippen LogP contribution is 2.30. The van der Waals surface area contributed by atoms with E-state index in [1.54, 1.807) is 35.8 Å². The van der Waals surface area contributed by atoms with Crippen LogP contribution in [0.4, 0.5) is 10.8 Å². The third kappa shape index (κ3) is 7.56. The molecular weight excluding hydrogens is 587 g/mol. The van der Waals surface area contributed by atoms with Crippen LogP contribution < -0.4 is 10.9 Å². The fraction of sp³-hybridized carbons (Fsp3) is 0.233. The molecule has 11 nitrogen and oxygen atoms in total. The summed E-state index contributed by atoms with van der Waals surface area (Å²) in [6.07, 6.45) is 2.34. The van der Waals surface area contributed by atoms with Crippen molar-refractivity contribution >= 4 is 45.4 Å². The molecule has 0 spiro atoms. The van der Waals surface area contributed by atoms with Crippen molar-refractivity contribution in [3.8, 4) is 27.6 Å². The van der Waals surface area contributed by atoms with Gasteiger partial charge in [0.15, 0.2) is 5.69 Å². The van der Waals surface area contributed by atoms with Crippen LogP contribution in [0.3, 0.4) is 0 Å². The molecule has 0 aliphatic carbocycles. The lowest BCUT2D eigenvalue weighted by Gasteiger charge is -2.19. The lowest BCUT2D eigenvalue weighted by molar-refractivity contribution is -0.154. The number of aromatic nitrogens is 4. The summed E-state index contributed by atoms with van der Waals surface area (Å²) in [6.45, 7) is 5.82. The molecule has 3 heterocycles. The number of ether oxygens (including phenoxy) is 1. The third-order valence-electron chi connectivity index (χ3n) is 5.97. The first-order valence-electron chi connectivity index (χ1n) is 13.5. The first-order valence-corrected chi connectivity index (χ1v) is 15.2. The second-order valence-corrected chi connectivity index (χ2v) is 12.1. The molecule has 0 aliphatic heterocycles. The quantitative estimate of drug-likeness (QED) is 0.102. The van der Waals surface area contributed by atoms with Gasteiger partial charge in [-0.25, -0.2) is 9.97 Å². The molecular formula is C30H29N7O4S2. The Bertz CT molecular complexity index is 1780. The van der Waals surface area contributed by atoms with E-state index in [0.29, 0.717) is 40.2 Å². The molecule has 0 atom stereocenters. The monoisotopic (exact) mass is 615 g/mol. The smallest absolute Gasteiger partial charge is 0.306 e. The first-order chi connectivity index (χ1) is 20.7. The number of aromatic amines is 1. The maximum atomic E-state index is 13.5. The van der Waals surface area contributed by atoms with Gasteiger partial charge < -0.3 is 10.1 Å². The lowest BCUT2D eigenvalue weighted by atomic mass is 10.1. The molecule has 0 unspecified atom stereocenters. The van der Waals surface area contributed by atoms with Crippen LogP contribution in [0.1, 0.15) is 44.0 Å². The molecule has 5 aromatic rings. The van der Waals surface area contributed by atoms with Gasteiger partial charge in [0.25, 0.3) is 5.91 Å². The largest absolute Gasteiger partial charge is 0.460 e. The molecule has 0 fully saturated rings. The van der Waals surface area contributed by atoms with Gasteiger partial charge in [0.2, 0.25) is 10.3 Å². The van der Waals surface area contributed by atoms with Crippen molar-refractivity contribution in [3.63, 3.8) is 0 Å². The Morgan fingerprint density at radius 1 is 1.02 bits per heavy atom. The molecule has 3 aromatic heterocycles. The highest BCUT2D eigenvalue weighted by Gasteiger charge is 2.20. The van der Waals surface area contributed by atoms with Crippen molar-refractivity contribution in [1.82, 2.24) is 25.1 Å². The Hall–Kier alpha value is -4.75. The summed E-state index contributed by atoms with van der Waals surface area (Å²) >= 11 is 2.62. The minimum absolute atomic E-state index is 0.152. The highest BCUT2D eigenvalue weighted by atomic mass is 32.1. The van der Waals surface area contributed by atoms with Crippen LogP contribution in [-0.4, -0.2) is 43.8 Å². The van der Waals surface area contributed by atoms with Crippen molar-refractivity contribution in [1.29, 1.82) is 0 Å². The molecule has 0 saturated carbocycles. The standard InChI is InChI=1S/C30H29N7O4S2/c1-30(2,3)41-23(38)10-7-15-31-26(39)21-13-11-19(12-14-21)22-18-43-29(33-22)37-27(40)25(34-35-28-32-16-17-42-28)24(36-37)20-8-5-4-6-9-20/h4-6,8-9,11-14,16-18,36H,7,10,15H2,1-3H3,(H,31,39). The van der Waals surface area contributed by atoms with E-state index >= 15 is 0 Å². The van der Waals surface area contributed by atoms with Crippen LogP contribution >= 0.6 is 22.7 Å². The second kappa shape index (κ2) is 13.0. The van der Waals surface area contributed by atoms with Crippen LogP contribution in [0.5, 0.6) is 0 Å². The summed E-state index contributed by atoms with van der Waals surface area (Å²) in [7, 11) is 0. The summed E-state index contributed by atoms with van der Waals surface area (Å²) < 4.78 is 6.64. The average molecular weight is 616 g/mol. The zero-order chi connectivity index (χ0) is 30.4. The van der Waals surface area contributed by atoms with Crippen LogP contribution in [0, 0.1) is 0 Å². The number of nitrogens with one attached hydrogen (secondary N) is 2. The minimum Gasteiger partial charge on any atom is -0.460 e. The summed E-state index contributed by atoms with van der Waals surface area (Å²) in [5.41, 5.74) is 2.46. The van der Waals surface area contributed by atoms with Gasteiger partial charge in [-0.2, -0.15) is 4.68 Å². The fourth-order valence-corrected chi connectivity index (χ4v) is 5.29. The van der Waals surface area contributed by atoms with Crippen molar-refractivity contribution in [3.05, 3.63) is 87.5 Å². The molecule has 43 heavy (non-hydrogen) atoms. The highest BCUT2D eigenvalue weighted by molar-refractivity contribution is 7.13. The minimum atomic E-state index is -0.528. The van der Waals surface area contributed by atoms with Gasteiger partial charge >= 0.3 is 11.5 Å². The molecule has 0 radical (unpaired) electrons. The number of carbonyl (C=O) groups excluding carboxylic acids is 2. The third-order valence-corrected chi connectivity index (χ3v) is 7.45. The van der Waals surface area contributed by atoms with Gasteiger partial charge in [0.05, 0.1) is 11.4 Å². The number of H-pyrrole nitrogens is 1. The second-order valence-electron chi connectivity index (χ2n) is 10.4. The van der Waals surface area contributed by atoms with Crippen LogP contribution in [0.25, 0.3) is 27.6 Å². The molecule has 0 aliphatic rings. The summed E-state index contributed by atoms with van der Waals surface area (Å²) in [5.74, 6) is -0.525. The van der Waals surface area contributed by atoms with Crippen molar-refractivity contribution in [2.45, 2.75) is 39.2 Å². The van der Waals surface area contributed by atoms with E-state index in [1.807, 2.05) is 56.5 Å². The van der Waals surface area contributed by atoms with Gasteiger partial charge in [-0.15, -0.1) is 32.9 Å². The Balaban J connectivity index is 1.29. The number of thiazole rings is 2. The summed E-state index contributed by atoms with van der Waals surface area (Å²) in [4.78, 5) is 46.6. The fourth-order valence-electron chi connectivity index (χ4n) is 4.04. The van der Waals surface area contributed by atoms with Gasteiger partial charge in [0, 0.05) is 46.6 Å². The number of nitrogens with zero attached hydrogens (tertiary/aromatic N) is 5. The van der Waals surface area contributed by atoms with Crippen LogP contribution in [-0.2, 0) is 9.53 Å². The number of hydrogen-bond donors (Lipinski definition) is 2. The molecule has 2 aromatic carbocycles. The zero-order valence-corrected chi connectivity index (χ0v) is 25.4. The molecule has 0 bridgehead atoms. The topological polar surface area (TPSA) is 144 Å². The van der Waals surface area contributed by atoms with E-state index in [-0.39, 0.29) is 24.0 Å². The van der Waals surface area contributed by atoms with E-state index in [4.69, 9.17) is 4.74 Å². The number of esters is 1. The lowest BCUT2D eigenvalue weighted by Crippen LogP contribution is -2.27. The predicted molar refractivity (Wildman–Crippen MR) is 167 cm³/mol.